The molecule has 2 nitrogen and oxygen atoms in total. The zero-order chi connectivity index (χ0) is 13.1. The molecule has 2 atom stereocenters. The smallest absolute Gasteiger partial charge is 0.123 e. The van der Waals surface area contributed by atoms with Gasteiger partial charge in [-0.05, 0) is 62.2 Å². The molecule has 2 rings (SSSR count). The quantitative estimate of drug-likeness (QED) is 0.923. The van der Waals surface area contributed by atoms with Crippen molar-refractivity contribution in [1.82, 2.24) is 4.90 Å². The maximum Gasteiger partial charge on any atom is 0.123 e. The van der Waals surface area contributed by atoms with Crippen LogP contribution in [0.5, 0.6) is 0 Å². The van der Waals surface area contributed by atoms with E-state index in [2.05, 4.69) is 27.8 Å². The van der Waals surface area contributed by atoms with Gasteiger partial charge in [0.15, 0.2) is 0 Å². The number of likely N-dealkylation sites (tertiary alicyclic amines) is 1. The number of hydrogen-bond acceptors (Lipinski definition) is 2. The fourth-order valence-corrected chi connectivity index (χ4v) is 3.38. The zero-order valence-electron chi connectivity index (χ0n) is 10.7. The van der Waals surface area contributed by atoms with Crippen LogP contribution in [0.25, 0.3) is 0 Å². The second kappa shape index (κ2) is 6.13. The van der Waals surface area contributed by atoms with Crippen molar-refractivity contribution in [3.63, 3.8) is 0 Å². The second-order valence-electron chi connectivity index (χ2n) is 4.93. The highest BCUT2D eigenvalue weighted by atomic mass is 79.9. The summed E-state index contributed by atoms with van der Waals surface area (Å²) in [6.45, 7) is 4.94. The minimum Gasteiger partial charge on any atom is -0.330 e. The van der Waals surface area contributed by atoms with Crippen LogP contribution in [-0.4, -0.2) is 24.5 Å². The molecule has 1 fully saturated rings. The molecular formula is C14H20BrFN2. The number of hydrogen-bond donors (Lipinski definition) is 1. The van der Waals surface area contributed by atoms with Gasteiger partial charge in [0.2, 0.25) is 0 Å². The lowest BCUT2D eigenvalue weighted by Crippen LogP contribution is -2.29. The first-order chi connectivity index (χ1) is 8.67. The summed E-state index contributed by atoms with van der Waals surface area (Å²) in [6, 6.07) is 5.18. The molecule has 1 heterocycles. The van der Waals surface area contributed by atoms with Crippen LogP contribution in [0.2, 0.25) is 0 Å². The molecular weight excluding hydrogens is 295 g/mol. The average Bonchev–Trinajstić information content (AvgIpc) is 2.75. The molecule has 1 saturated heterocycles. The third kappa shape index (κ3) is 2.76. The molecule has 2 N–H and O–H groups in total. The number of rotatable bonds is 4. The van der Waals surface area contributed by atoms with Crippen LogP contribution in [0.15, 0.2) is 22.7 Å². The van der Waals surface area contributed by atoms with Crippen molar-refractivity contribution in [3.05, 3.63) is 34.1 Å². The topological polar surface area (TPSA) is 29.3 Å². The van der Waals surface area contributed by atoms with Crippen molar-refractivity contribution >= 4 is 15.9 Å². The van der Waals surface area contributed by atoms with E-state index in [1.807, 2.05) is 0 Å². The summed E-state index contributed by atoms with van der Waals surface area (Å²) in [7, 11) is 0. The Hall–Kier alpha value is -0.450. The summed E-state index contributed by atoms with van der Waals surface area (Å²) in [6.07, 6.45) is 2.21. The van der Waals surface area contributed by atoms with Gasteiger partial charge < -0.3 is 5.73 Å². The van der Waals surface area contributed by atoms with Crippen LogP contribution in [-0.2, 0) is 0 Å². The van der Waals surface area contributed by atoms with Crippen molar-refractivity contribution in [2.24, 2.45) is 11.7 Å². The fourth-order valence-electron chi connectivity index (χ4n) is 2.90. The molecule has 1 aromatic carbocycles. The van der Waals surface area contributed by atoms with Gasteiger partial charge in [-0.3, -0.25) is 4.90 Å². The molecule has 1 aromatic rings. The van der Waals surface area contributed by atoms with Gasteiger partial charge in [-0.15, -0.1) is 0 Å². The third-order valence-electron chi connectivity index (χ3n) is 3.72. The molecule has 0 aliphatic carbocycles. The van der Waals surface area contributed by atoms with Gasteiger partial charge in [0.05, 0.1) is 0 Å². The number of halogens is 2. The van der Waals surface area contributed by atoms with Crippen LogP contribution < -0.4 is 5.73 Å². The van der Waals surface area contributed by atoms with Gasteiger partial charge in [0.25, 0.3) is 0 Å². The van der Waals surface area contributed by atoms with E-state index in [9.17, 15) is 4.39 Å². The van der Waals surface area contributed by atoms with Gasteiger partial charge in [-0.25, -0.2) is 4.39 Å². The Morgan fingerprint density at radius 3 is 2.94 bits per heavy atom. The molecule has 100 valence electrons. The Balaban J connectivity index is 2.33. The lowest BCUT2D eigenvalue weighted by atomic mass is 9.93. The predicted octanol–water partition coefficient (Wildman–Crippen LogP) is 3.32. The van der Waals surface area contributed by atoms with Crippen molar-refractivity contribution in [3.8, 4) is 0 Å². The van der Waals surface area contributed by atoms with Gasteiger partial charge in [0, 0.05) is 10.5 Å². The summed E-state index contributed by atoms with van der Waals surface area (Å²) in [5.41, 5.74) is 6.91. The highest BCUT2D eigenvalue weighted by molar-refractivity contribution is 9.10. The average molecular weight is 315 g/mol. The monoisotopic (exact) mass is 314 g/mol. The van der Waals surface area contributed by atoms with Gasteiger partial charge in [0.1, 0.15) is 5.82 Å². The van der Waals surface area contributed by atoms with Crippen molar-refractivity contribution in [2.45, 2.75) is 25.8 Å². The van der Waals surface area contributed by atoms with E-state index in [0.29, 0.717) is 12.5 Å². The van der Waals surface area contributed by atoms with E-state index < -0.39 is 0 Å². The summed E-state index contributed by atoms with van der Waals surface area (Å²) < 4.78 is 14.5. The summed E-state index contributed by atoms with van der Waals surface area (Å²) in [5, 5.41) is 0. The molecule has 4 heteroatoms. The number of benzene rings is 1. The molecule has 0 bridgehead atoms. The molecule has 1 aliphatic rings. The van der Waals surface area contributed by atoms with Crippen LogP contribution in [0.1, 0.15) is 31.4 Å². The van der Waals surface area contributed by atoms with Gasteiger partial charge >= 0.3 is 0 Å². The number of nitrogens with zero attached hydrogens (tertiary/aromatic N) is 1. The van der Waals surface area contributed by atoms with Crippen LogP contribution >= 0.6 is 15.9 Å². The highest BCUT2D eigenvalue weighted by Gasteiger charge is 2.34. The first-order valence-electron chi connectivity index (χ1n) is 6.56. The normalized spacial score (nSPS) is 24.7. The fraction of sp³-hybridized carbons (Fsp3) is 0.571. The van der Waals surface area contributed by atoms with Crippen LogP contribution in [0.4, 0.5) is 4.39 Å². The first kappa shape index (κ1) is 14.0. The molecule has 1 aliphatic heterocycles. The Labute approximate surface area is 116 Å². The Bertz CT molecular complexity index is 411. The lowest BCUT2D eigenvalue weighted by molar-refractivity contribution is 0.229. The Morgan fingerprint density at radius 2 is 2.28 bits per heavy atom. The van der Waals surface area contributed by atoms with Crippen LogP contribution in [0, 0.1) is 11.7 Å². The summed E-state index contributed by atoms with van der Waals surface area (Å²) >= 11 is 3.54. The Morgan fingerprint density at radius 1 is 1.50 bits per heavy atom. The van der Waals surface area contributed by atoms with Gasteiger partial charge in [-0.2, -0.15) is 0 Å². The lowest BCUT2D eigenvalue weighted by Gasteiger charge is -2.28. The highest BCUT2D eigenvalue weighted by Crippen LogP contribution is 2.39. The van der Waals surface area contributed by atoms with Crippen LogP contribution in [0.3, 0.4) is 0 Å². The van der Waals surface area contributed by atoms with Crippen molar-refractivity contribution in [1.29, 1.82) is 0 Å². The predicted molar refractivity (Wildman–Crippen MR) is 75.9 cm³/mol. The van der Waals surface area contributed by atoms with E-state index in [-0.39, 0.29) is 11.9 Å². The molecule has 0 saturated carbocycles. The molecule has 0 radical (unpaired) electrons. The maximum atomic E-state index is 13.5. The molecule has 0 aromatic heterocycles. The van der Waals surface area contributed by atoms with E-state index in [4.69, 9.17) is 5.73 Å². The van der Waals surface area contributed by atoms with E-state index in [1.165, 1.54) is 6.07 Å². The maximum absolute atomic E-state index is 13.5. The van der Waals surface area contributed by atoms with E-state index in [1.54, 1.807) is 12.1 Å². The third-order valence-corrected chi connectivity index (χ3v) is 4.44. The van der Waals surface area contributed by atoms with E-state index >= 15 is 0 Å². The Kier molecular flexibility index (Phi) is 4.76. The van der Waals surface area contributed by atoms with E-state index in [0.717, 1.165) is 36.0 Å². The standard InChI is InChI=1S/C14H20BrFN2/c1-2-6-18-7-5-10(9-17)14(18)12-8-11(16)3-4-13(12)15/h3-4,8,10,14H,2,5-7,9,17H2,1H3. The molecule has 0 amide bonds. The molecule has 18 heavy (non-hydrogen) atoms. The number of nitrogens with two attached hydrogens (primary N) is 1. The SMILES string of the molecule is CCCN1CCC(CN)C1c1cc(F)ccc1Br. The first-order valence-corrected chi connectivity index (χ1v) is 7.35. The second-order valence-corrected chi connectivity index (χ2v) is 5.79. The largest absolute Gasteiger partial charge is 0.330 e. The van der Waals surface area contributed by atoms with Crippen molar-refractivity contribution < 1.29 is 4.39 Å². The molecule has 0 spiro atoms. The summed E-state index contributed by atoms with van der Waals surface area (Å²) in [4.78, 5) is 2.43. The molecule has 2 unspecified atom stereocenters. The van der Waals surface area contributed by atoms with Gasteiger partial charge in [-0.1, -0.05) is 22.9 Å². The summed E-state index contributed by atoms with van der Waals surface area (Å²) in [5.74, 6) is 0.252. The van der Waals surface area contributed by atoms with Crippen molar-refractivity contribution in [2.75, 3.05) is 19.6 Å². The minimum atomic E-state index is -0.174. The minimum absolute atomic E-state index is 0.174. The zero-order valence-corrected chi connectivity index (χ0v) is 12.3.